The lowest BCUT2D eigenvalue weighted by molar-refractivity contribution is 0.155. The Morgan fingerprint density at radius 2 is 2.15 bits per heavy atom. The molecule has 1 saturated carbocycles. The molecule has 0 aliphatic heterocycles. The zero-order chi connectivity index (χ0) is 9.47. The Morgan fingerprint density at radius 3 is 2.54 bits per heavy atom. The summed E-state index contributed by atoms with van der Waals surface area (Å²) in [6, 6.07) is 0. The highest BCUT2D eigenvalue weighted by Gasteiger charge is 2.30. The summed E-state index contributed by atoms with van der Waals surface area (Å²) in [5, 5.41) is 3.78. The van der Waals surface area contributed by atoms with Crippen molar-refractivity contribution >= 4 is 0 Å². The molecule has 1 heterocycles. The van der Waals surface area contributed by atoms with Crippen molar-refractivity contribution in [2.45, 2.75) is 44.7 Å². The summed E-state index contributed by atoms with van der Waals surface area (Å²) in [6.45, 7) is 2.84. The van der Waals surface area contributed by atoms with Gasteiger partial charge in [0.1, 0.15) is 0 Å². The SMILES string of the molecule is CC(C)(F)c1nc(C2CCC2)no1. The minimum absolute atomic E-state index is 0.0920. The van der Waals surface area contributed by atoms with E-state index in [2.05, 4.69) is 10.1 Å². The van der Waals surface area contributed by atoms with Crippen molar-refractivity contribution < 1.29 is 8.91 Å². The molecule has 0 aromatic carbocycles. The summed E-state index contributed by atoms with van der Waals surface area (Å²) in [4.78, 5) is 4.05. The Hall–Kier alpha value is -0.930. The van der Waals surface area contributed by atoms with E-state index < -0.39 is 5.67 Å². The molecular weight excluding hydrogens is 171 g/mol. The third kappa shape index (κ3) is 1.57. The molecule has 0 N–H and O–H groups in total. The zero-order valence-corrected chi connectivity index (χ0v) is 7.88. The second-order valence-electron chi connectivity index (χ2n) is 4.06. The van der Waals surface area contributed by atoms with E-state index in [1.807, 2.05) is 0 Å². The van der Waals surface area contributed by atoms with Crippen LogP contribution in [0, 0.1) is 0 Å². The van der Waals surface area contributed by atoms with Crippen LogP contribution in [0.4, 0.5) is 4.39 Å². The van der Waals surface area contributed by atoms with Crippen LogP contribution in [-0.2, 0) is 5.67 Å². The van der Waals surface area contributed by atoms with Crippen molar-refractivity contribution in [3.63, 3.8) is 0 Å². The van der Waals surface area contributed by atoms with E-state index in [0.29, 0.717) is 11.7 Å². The Morgan fingerprint density at radius 1 is 1.46 bits per heavy atom. The average molecular weight is 184 g/mol. The Balaban J connectivity index is 2.17. The monoisotopic (exact) mass is 184 g/mol. The molecule has 4 heteroatoms. The first-order valence-corrected chi connectivity index (χ1v) is 4.60. The van der Waals surface area contributed by atoms with Gasteiger partial charge >= 0.3 is 0 Å². The van der Waals surface area contributed by atoms with Gasteiger partial charge in [-0.25, -0.2) is 4.39 Å². The number of rotatable bonds is 2. The van der Waals surface area contributed by atoms with Crippen LogP contribution in [0.15, 0.2) is 4.52 Å². The number of alkyl halides is 1. The molecule has 0 saturated heterocycles. The lowest BCUT2D eigenvalue weighted by Crippen LogP contribution is -2.12. The first kappa shape index (κ1) is 8.66. The van der Waals surface area contributed by atoms with Gasteiger partial charge in [-0.3, -0.25) is 0 Å². The van der Waals surface area contributed by atoms with Gasteiger partial charge < -0.3 is 4.52 Å². The number of halogens is 1. The molecule has 1 fully saturated rings. The number of hydrogen-bond donors (Lipinski definition) is 0. The molecule has 1 aromatic heterocycles. The summed E-state index contributed by atoms with van der Waals surface area (Å²) < 4.78 is 18.2. The van der Waals surface area contributed by atoms with Crippen LogP contribution in [-0.4, -0.2) is 10.1 Å². The number of aromatic nitrogens is 2. The average Bonchev–Trinajstić information content (AvgIpc) is 2.29. The fourth-order valence-electron chi connectivity index (χ4n) is 1.31. The lowest BCUT2D eigenvalue weighted by Gasteiger charge is -2.21. The highest BCUT2D eigenvalue weighted by molar-refractivity contribution is 5.02. The maximum absolute atomic E-state index is 13.3. The van der Waals surface area contributed by atoms with E-state index in [1.54, 1.807) is 0 Å². The van der Waals surface area contributed by atoms with Crippen molar-refractivity contribution in [1.29, 1.82) is 0 Å². The molecule has 0 radical (unpaired) electrons. The summed E-state index contributed by atoms with van der Waals surface area (Å²) in [5.41, 5.74) is -1.52. The fraction of sp³-hybridized carbons (Fsp3) is 0.778. The number of nitrogens with zero attached hydrogens (tertiary/aromatic N) is 2. The van der Waals surface area contributed by atoms with E-state index in [9.17, 15) is 4.39 Å². The minimum atomic E-state index is -1.52. The molecule has 1 aliphatic carbocycles. The van der Waals surface area contributed by atoms with Crippen LogP contribution in [0.3, 0.4) is 0 Å². The van der Waals surface area contributed by atoms with Crippen LogP contribution in [0.2, 0.25) is 0 Å². The van der Waals surface area contributed by atoms with Crippen LogP contribution < -0.4 is 0 Å². The van der Waals surface area contributed by atoms with E-state index >= 15 is 0 Å². The van der Waals surface area contributed by atoms with Gasteiger partial charge in [-0.15, -0.1) is 0 Å². The summed E-state index contributed by atoms with van der Waals surface area (Å²) in [5.74, 6) is 1.17. The van der Waals surface area contributed by atoms with E-state index in [0.717, 1.165) is 12.8 Å². The van der Waals surface area contributed by atoms with Crippen molar-refractivity contribution in [1.82, 2.24) is 10.1 Å². The standard InChI is InChI=1S/C9H13FN2O/c1-9(2,10)8-11-7(12-13-8)6-4-3-5-6/h6H,3-5H2,1-2H3. The molecule has 1 aliphatic rings. The lowest BCUT2D eigenvalue weighted by atomic mass is 9.85. The van der Waals surface area contributed by atoms with Gasteiger partial charge in [0.05, 0.1) is 0 Å². The van der Waals surface area contributed by atoms with Crippen LogP contribution in [0.5, 0.6) is 0 Å². The third-order valence-electron chi connectivity index (χ3n) is 2.42. The minimum Gasteiger partial charge on any atom is -0.336 e. The van der Waals surface area contributed by atoms with Crippen molar-refractivity contribution in [2.24, 2.45) is 0 Å². The first-order chi connectivity index (χ1) is 6.07. The smallest absolute Gasteiger partial charge is 0.263 e. The van der Waals surface area contributed by atoms with Crippen molar-refractivity contribution in [2.75, 3.05) is 0 Å². The maximum atomic E-state index is 13.3. The molecule has 2 rings (SSSR count). The quantitative estimate of drug-likeness (QED) is 0.709. The predicted octanol–water partition coefficient (Wildman–Crippen LogP) is 2.54. The van der Waals surface area contributed by atoms with Gasteiger partial charge in [-0.2, -0.15) is 4.98 Å². The topological polar surface area (TPSA) is 38.9 Å². The molecule has 0 unspecified atom stereocenters. The van der Waals surface area contributed by atoms with E-state index in [1.165, 1.54) is 20.3 Å². The molecule has 72 valence electrons. The molecule has 13 heavy (non-hydrogen) atoms. The highest BCUT2D eigenvalue weighted by Crippen LogP contribution is 2.35. The predicted molar refractivity (Wildman–Crippen MR) is 45.0 cm³/mol. The molecule has 0 amide bonds. The van der Waals surface area contributed by atoms with Gasteiger partial charge in [0, 0.05) is 5.92 Å². The second kappa shape index (κ2) is 2.79. The normalized spacial score (nSPS) is 18.7. The van der Waals surface area contributed by atoms with Gasteiger partial charge in [0.2, 0.25) is 0 Å². The maximum Gasteiger partial charge on any atom is 0.263 e. The summed E-state index contributed by atoms with van der Waals surface area (Å²) >= 11 is 0. The Kier molecular flexibility index (Phi) is 1.86. The van der Waals surface area contributed by atoms with Crippen LogP contribution in [0.25, 0.3) is 0 Å². The van der Waals surface area contributed by atoms with E-state index in [-0.39, 0.29) is 5.89 Å². The zero-order valence-electron chi connectivity index (χ0n) is 7.88. The first-order valence-electron chi connectivity index (χ1n) is 4.60. The van der Waals surface area contributed by atoms with E-state index in [4.69, 9.17) is 4.52 Å². The molecule has 3 nitrogen and oxygen atoms in total. The molecule has 0 spiro atoms. The molecule has 0 atom stereocenters. The van der Waals surface area contributed by atoms with Gasteiger partial charge in [-0.05, 0) is 26.7 Å². The highest BCUT2D eigenvalue weighted by atomic mass is 19.1. The largest absolute Gasteiger partial charge is 0.336 e. The molecule has 0 bridgehead atoms. The van der Waals surface area contributed by atoms with Crippen molar-refractivity contribution in [3.05, 3.63) is 11.7 Å². The summed E-state index contributed by atoms with van der Waals surface area (Å²) in [6.07, 6.45) is 3.42. The second-order valence-corrected chi connectivity index (χ2v) is 4.06. The van der Waals surface area contributed by atoms with Crippen LogP contribution in [0.1, 0.15) is 50.7 Å². The van der Waals surface area contributed by atoms with Gasteiger partial charge in [0.15, 0.2) is 11.5 Å². The van der Waals surface area contributed by atoms with Crippen molar-refractivity contribution in [3.8, 4) is 0 Å². The molecule has 1 aromatic rings. The van der Waals surface area contributed by atoms with Gasteiger partial charge in [-0.1, -0.05) is 11.6 Å². The number of hydrogen-bond acceptors (Lipinski definition) is 3. The Bertz CT molecular complexity index is 299. The van der Waals surface area contributed by atoms with Crippen LogP contribution >= 0.6 is 0 Å². The summed E-state index contributed by atoms with van der Waals surface area (Å²) in [7, 11) is 0. The Labute approximate surface area is 76.3 Å². The molecular formula is C9H13FN2O. The van der Waals surface area contributed by atoms with Gasteiger partial charge in [0.25, 0.3) is 5.89 Å². The third-order valence-corrected chi connectivity index (χ3v) is 2.42. The fourth-order valence-corrected chi connectivity index (χ4v) is 1.31.